The van der Waals surface area contributed by atoms with Crippen LogP contribution in [0.4, 0.5) is 10.6 Å². The summed E-state index contributed by atoms with van der Waals surface area (Å²) in [5, 5.41) is 25.4. The molecule has 0 radical (unpaired) electrons. The van der Waals surface area contributed by atoms with E-state index in [9.17, 15) is 43.0 Å². The zero-order valence-corrected chi connectivity index (χ0v) is 35.4. The van der Waals surface area contributed by atoms with Crippen LogP contribution in [-0.4, -0.2) is 113 Å². The number of carbonyl (C=O) groups excluding carboxylic acids is 3. The number of phosphoric ester groups is 1. The molecule has 2 aromatic heterocycles. The molecular weight excluding hydrogens is 843 g/mol. The molecule has 2 aliphatic rings. The second kappa shape index (κ2) is 23.2. The lowest BCUT2D eigenvalue weighted by atomic mass is 10.0. The number of fused-ring (bicyclic) bond motifs is 1. The van der Waals surface area contributed by atoms with Crippen LogP contribution in [0.3, 0.4) is 0 Å². The average molecular weight is 900 g/mol. The quantitative estimate of drug-likeness (QED) is 0.0433. The Morgan fingerprint density at radius 2 is 1.47 bits per heavy atom. The van der Waals surface area contributed by atoms with Gasteiger partial charge in [0.25, 0.3) is 0 Å². The summed E-state index contributed by atoms with van der Waals surface area (Å²) in [6, 6.07) is 0.165. The Bertz CT molecular complexity index is 1840. The van der Waals surface area contributed by atoms with Crippen LogP contribution >= 0.6 is 23.5 Å². The van der Waals surface area contributed by atoms with Crippen LogP contribution in [0, 0.1) is 0 Å². The molecule has 2 saturated heterocycles. The fourth-order valence-electron chi connectivity index (χ4n) is 6.52. The largest absolute Gasteiger partial charge is 0.490 e. The Labute approximate surface area is 340 Å². The van der Waals surface area contributed by atoms with E-state index in [1.165, 1.54) is 17.2 Å². The molecule has 2 aromatic rings. The van der Waals surface area contributed by atoms with Gasteiger partial charge in [-0.1, -0.05) is 32.1 Å². The number of hydrogen-bond donors (Lipinski definition) is 10. The second-order valence-corrected chi connectivity index (χ2v) is 18.7. The van der Waals surface area contributed by atoms with Crippen molar-refractivity contribution in [2.24, 2.45) is 0 Å². The summed E-state index contributed by atoms with van der Waals surface area (Å²) in [4.78, 5) is 84.9. The highest BCUT2D eigenvalue weighted by Gasteiger charge is 2.43. The molecule has 10 N–H and O–H groups in total. The van der Waals surface area contributed by atoms with Crippen LogP contribution in [0.15, 0.2) is 12.7 Å². The van der Waals surface area contributed by atoms with Gasteiger partial charge in [-0.15, -0.1) is 0 Å². The van der Waals surface area contributed by atoms with Gasteiger partial charge in [-0.3, -0.25) is 18.7 Å². The van der Waals surface area contributed by atoms with Gasteiger partial charge in [-0.05, 0) is 45.4 Å². The number of aliphatic hydroxyl groups is 1. The highest BCUT2D eigenvalue weighted by Crippen LogP contribution is 2.66. The molecule has 24 nitrogen and oxygen atoms in total. The van der Waals surface area contributed by atoms with Crippen molar-refractivity contribution in [1.29, 1.82) is 0 Å². The summed E-state index contributed by atoms with van der Waals surface area (Å²) in [7, 11) is -16.6. The smallest absolute Gasteiger partial charge is 0.390 e. The number of nitrogens with zero attached hydrogens (tertiary/aromatic N) is 4. The first-order valence-electron chi connectivity index (χ1n) is 19.5. The molecule has 0 saturated carbocycles. The summed E-state index contributed by atoms with van der Waals surface area (Å²) in [5.41, 5.74) is 0.799. The fraction of sp³-hybridized carbons (Fsp3) is 0.750. The van der Waals surface area contributed by atoms with E-state index in [1.807, 2.05) is 6.92 Å². The number of urea groups is 1. The van der Waals surface area contributed by atoms with Gasteiger partial charge < -0.3 is 56.0 Å². The number of anilines is 1. The minimum Gasteiger partial charge on any atom is -0.390 e. The molecule has 334 valence electrons. The van der Waals surface area contributed by atoms with E-state index in [1.54, 1.807) is 0 Å². The van der Waals surface area contributed by atoms with Gasteiger partial charge in [-0.25, -0.2) is 33.4 Å². The first-order valence-corrected chi connectivity index (χ1v) is 24.1. The molecule has 27 heteroatoms. The lowest BCUT2D eigenvalue weighted by molar-refractivity contribution is -0.122. The van der Waals surface area contributed by atoms with Crippen molar-refractivity contribution in [3.63, 3.8) is 0 Å². The molecule has 2 fully saturated rings. The minimum atomic E-state index is -5.69. The van der Waals surface area contributed by atoms with Crippen molar-refractivity contribution in [3.05, 3.63) is 12.7 Å². The Morgan fingerprint density at radius 3 is 2.10 bits per heavy atom. The van der Waals surface area contributed by atoms with Gasteiger partial charge in [0, 0.05) is 44.9 Å². The SMILES string of the molecule is C[C@@H]1NC(=O)N[C@@H]1CCCCCC(=O)NCCCCCC(=O)NCCCCCCNc1ncnc2c1ncn2[C@H]1C[C@H](O)[C@@H](COP(=O)(O)OP(=O)(O)OP(=O)(O)O)O1. The number of ether oxygens (including phenoxy) is 1. The number of imidazole rings is 1. The summed E-state index contributed by atoms with van der Waals surface area (Å²) in [6.45, 7) is 2.95. The van der Waals surface area contributed by atoms with E-state index in [0.29, 0.717) is 49.5 Å². The maximum Gasteiger partial charge on any atom is 0.490 e. The van der Waals surface area contributed by atoms with Crippen molar-refractivity contribution >= 4 is 58.3 Å². The summed E-state index contributed by atoms with van der Waals surface area (Å²) in [6.07, 6.45) is 9.89. The number of rotatable bonds is 28. The van der Waals surface area contributed by atoms with Gasteiger partial charge in [0.2, 0.25) is 11.8 Å². The van der Waals surface area contributed by atoms with Gasteiger partial charge >= 0.3 is 29.5 Å². The summed E-state index contributed by atoms with van der Waals surface area (Å²) >= 11 is 0. The number of amides is 4. The topological polar surface area (TPSA) is 344 Å². The van der Waals surface area contributed by atoms with E-state index >= 15 is 0 Å². The number of hydrogen-bond acceptors (Lipinski definition) is 15. The maximum absolute atomic E-state index is 12.2. The molecule has 4 heterocycles. The predicted octanol–water partition coefficient (Wildman–Crippen LogP) is 2.60. The lowest BCUT2D eigenvalue weighted by Gasteiger charge is -2.19. The summed E-state index contributed by atoms with van der Waals surface area (Å²) in [5.74, 6) is 0.529. The van der Waals surface area contributed by atoms with Crippen molar-refractivity contribution in [2.75, 3.05) is 31.6 Å². The van der Waals surface area contributed by atoms with Crippen LogP contribution in [-0.2, 0) is 41.2 Å². The Morgan fingerprint density at radius 1 is 0.847 bits per heavy atom. The average Bonchev–Trinajstić information content (AvgIpc) is 3.83. The lowest BCUT2D eigenvalue weighted by Crippen LogP contribution is -2.30. The van der Waals surface area contributed by atoms with Gasteiger partial charge in [0.05, 0.1) is 25.1 Å². The third-order valence-corrected chi connectivity index (χ3v) is 13.3. The number of aromatic nitrogens is 4. The number of unbranched alkanes of at least 4 members (excludes halogenated alkanes) is 7. The highest BCUT2D eigenvalue weighted by atomic mass is 31.3. The van der Waals surface area contributed by atoms with E-state index in [4.69, 9.17) is 14.5 Å². The van der Waals surface area contributed by atoms with Crippen molar-refractivity contribution < 1.29 is 70.6 Å². The molecular formula is C32H56N9O15P3. The minimum absolute atomic E-state index is 0.0153. The molecule has 0 bridgehead atoms. The Hall–Kier alpha value is -3.11. The third-order valence-electron chi connectivity index (χ3n) is 9.51. The molecule has 0 spiro atoms. The van der Waals surface area contributed by atoms with Gasteiger partial charge in [0.1, 0.15) is 18.7 Å². The molecule has 59 heavy (non-hydrogen) atoms. The van der Waals surface area contributed by atoms with Crippen molar-refractivity contribution in [1.82, 2.24) is 40.8 Å². The first kappa shape index (κ1) is 48.6. The molecule has 2 aliphatic heterocycles. The molecule has 0 aliphatic carbocycles. The number of aliphatic hydroxyl groups excluding tert-OH is 1. The van der Waals surface area contributed by atoms with Gasteiger partial charge in [-0.2, -0.15) is 8.62 Å². The van der Waals surface area contributed by atoms with Gasteiger partial charge in [0.15, 0.2) is 17.0 Å². The highest BCUT2D eigenvalue weighted by molar-refractivity contribution is 7.66. The number of nitrogens with one attached hydrogen (secondary N) is 5. The molecule has 7 atom stereocenters. The second-order valence-electron chi connectivity index (χ2n) is 14.3. The molecule has 2 unspecified atom stereocenters. The van der Waals surface area contributed by atoms with E-state index in [-0.39, 0.29) is 36.3 Å². The van der Waals surface area contributed by atoms with Crippen LogP contribution < -0.4 is 26.6 Å². The number of carbonyl (C=O) groups is 3. The Balaban J connectivity index is 1.02. The normalized spacial score (nSPS) is 22.7. The van der Waals surface area contributed by atoms with E-state index in [2.05, 4.69) is 54.7 Å². The zero-order valence-electron chi connectivity index (χ0n) is 32.7. The van der Waals surface area contributed by atoms with E-state index in [0.717, 1.165) is 70.6 Å². The first-order chi connectivity index (χ1) is 27.9. The predicted molar refractivity (Wildman–Crippen MR) is 209 cm³/mol. The fourth-order valence-corrected chi connectivity index (χ4v) is 9.55. The third kappa shape index (κ3) is 17.4. The van der Waals surface area contributed by atoms with Crippen LogP contribution in [0.1, 0.15) is 103 Å². The molecule has 4 rings (SSSR count). The molecule has 4 amide bonds. The molecule has 0 aromatic carbocycles. The van der Waals surface area contributed by atoms with Crippen LogP contribution in [0.25, 0.3) is 11.2 Å². The maximum atomic E-state index is 12.2. The van der Waals surface area contributed by atoms with Crippen LogP contribution in [0.5, 0.6) is 0 Å². The van der Waals surface area contributed by atoms with E-state index < -0.39 is 48.5 Å². The van der Waals surface area contributed by atoms with Crippen LogP contribution in [0.2, 0.25) is 0 Å². The monoisotopic (exact) mass is 899 g/mol. The summed E-state index contributed by atoms with van der Waals surface area (Å²) < 4.78 is 53.7. The standard InChI is InChI=1S/C32H56N9O15P3/c1-22-23(40-32(45)39-22)12-6-4-7-13-26(43)34-16-11-5-8-14-27(44)33-15-9-2-3-10-17-35-30-29-31(37-20-36-30)41(21-38-29)28-18-24(42)25(54-28)19-53-58(49,50)56-59(51,52)55-57(46,47)48/h20-25,28,42H,2-19H2,1H3,(H,33,44)(H,34,43)(H,49,50)(H,51,52)(H,35,36,37)(H2,39,40,45)(H2,46,47,48)/t22-,23+,24-,25+,28+/m0/s1. The zero-order chi connectivity index (χ0) is 43.1. The number of phosphoric acid groups is 3. The van der Waals surface area contributed by atoms with Crippen molar-refractivity contribution in [2.45, 2.75) is 127 Å². The Kier molecular flexibility index (Phi) is 19.1. The van der Waals surface area contributed by atoms with Crippen molar-refractivity contribution in [3.8, 4) is 0 Å².